The van der Waals surface area contributed by atoms with Gasteiger partial charge in [0.1, 0.15) is 11.4 Å². The summed E-state index contributed by atoms with van der Waals surface area (Å²) < 4.78 is 3.70. The number of hydrogen-bond donors (Lipinski definition) is 2. The third kappa shape index (κ3) is 3.24. The first kappa shape index (κ1) is 16.0. The van der Waals surface area contributed by atoms with Crippen LogP contribution in [-0.2, 0) is 26.2 Å². The van der Waals surface area contributed by atoms with E-state index in [1.807, 2.05) is 43.1 Å². The number of halogens is 1. The molecular weight excluding hydrogens is 314 g/mol. The van der Waals surface area contributed by atoms with Crippen LogP contribution < -0.4 is 5.32 Å². The summed E-state index contributed by atoms with van der Waals surface area (Å²) >= 11 is 6.01. The van der Waals surface area contributed by atoms with E-state index in [9.17, 15) is 5.11 Å². The second kappa shape index (κ2) is 5.96. The Hall–Kier alpha value is -1.89. The van der Waals surface area contributed by atoms with E-state index in [0.29, 0.717) is 18.1 Å². The second-order valence-corrected chi connectivity index (χ2v) is 6.44. The SMILES string of the molecule is Cn1cc(C(C)(O)CNCc2nc3cc(Cl)ccc3n2C)cn1. The predicted octanol–water partition coefficient (Wildman–Crippen LogP) is 1.96. The average Bonchev–Trinajstić information content (AvgIpc) is 3.04. The molecule has 0 amide bonds. The molecule has 2 heterocycles. The van der Waals surface area contributed by atoms with E-state index in [1.54, 1.807) is 17.8 Å². The van der Waals surface area contributed by atoms with Crippen molar-refractivity contribution in [2.75, 3.05) is 6.54 Å². The van der Waals surface area contributed by atoms with E-state index >= 15 is 0 Å². The van der Waals surface area contributed by atoms with Crippen molar-refractivity contribution in [3.05, 3.63) is 47.0 Å². The van der Waals surface area contributed by atoms with Crippen LogP contribution in [0, 0.1) is 0 Å². The van der Waals surface area contributed by atoms with Gasteiger partial charge in [-0.2, -0.15) is 5.10 Å². The van der Waals surface area contributed by atoms with Crippen molar-refractivity contribution in [3.8, 4) is 0 Å². The smallest absolute Gasteiger partial charge is 0.123 e. The molecular formula is C16H20ClN5O. The van der Waals surface area contributed by atoms with Crippen LogP contribution in [0.3, 0.4) is 0 Å². The number of aliphatic hydroxyl groups is 1. The molecule has 2 aromatic heterocycles. The zero-order valence-electron chi connectivity index (χ0n) is 13.4. The molecule has 1 aromatic carbocycles. The molecule has 122 valence electrons. The van der Waals surface area contributed by atoms with Crippen LogP contribution in [0.2, 0.25) is 5.02 Å². The van der Waals surface area contributed by atoms with Crippen LogP contribution in [-0.4, -0.2) is 31.0 Å². The normalized spacial score (nSPS) is 14.3. The Labute approximate surface area is 139 Å². The van der Waals surface area contributed by atoms with Gasteiger partial charge in [-0.1, -0.05) is 11.6 Å². The highest BCUT2D eigenvalue weighted by Gasteiger charge is 2.24. The molecule has 0 spiro atoms. The van der Waals surface area contributed by atoms with E-state index in [0.717, 1.165) is 22.4 Å². The van der Waals surface area contributed by atoms with Gasteiger partial charge in [-0.3, -0.25) is 4.68 Å². The number of benzene rings is 1. The fourth-order valence-electron chi connectivity index (χ4n) is 2.60. The highest BCUT2D eigenvalue weighted by Crippen LogP contribution is 2.21. The Balaban J connectivity index is 1.70. The van der Waals surface area contributed by atoms with E-state index in [-0.39, 0.29) is 0 Å². The first-order valence-corrected chi connectivity index (χ1v) is 7.78. The largest absolute Gasteiger partial charge is 0.384 e. The van der Waals surface area contributed by atoms with Gasteiger partial charge in [0.05, 0.1) is 23.8 Å². The summed E-state index contributed by atoms with van der Waals surface area (Å²) in [4.78, 5) is 4.59. The molecule has 7 heteroatoms. The van der Waals surface area contributed by atoms with Gasteiger partial charge in [0.2, 0.25) is 0 Å². The van der Waals surface area contributed by atoms with Crippen LogP contribution in [0.25, 0.3) is 11.0 Å². The molecule has 0 aliphatic rings. The molecule has 0 bridgehead atoms. The van der Waals surface area contributed by atoms with E-state index in [1.165, 1.54) is 0 Å². The van der Waals surface area contributed by atoms with Crippen molar-refractivity contribution in [2.45, 2.75) is 19.1 Å². The standard InChI is InChI=1S/C16H20ClN5O/c1-16(23,11-7-19-21(2)9-11)10-18-8-15-20-13-6-12(17)4-5-14(13)22(15)3/h4-7,9,18,23H,8,10H2,1-3H3. The lowest BCUT2D eigenvalue weighted by molar-refractivity contribution is 0.0564. The van der Waals surface area contributed by atoms with Crippen molar-refractivity contribution in [3.63, 3.8) is 0 Å². The number of aryl methyl sites for hydroxylation is 2. The van der Waals surface area contributed by atoms with Crippen molar-refractivity contribution < 1.29 is 5.11 Å². The van der Waals surface area contributed by atoms with Crippen LogP contribution in [0.4, 0.5) is 0 Å². The molecule has 23 heavy (non-hydrogen) atoms. The summed E-state index contributed by atoms with van der Waals surface area (Å²) in [5.41, 5.74) is 1.70. The zero-order chi connectivity index (χ0) is 16.6. The minimum Gasteiger partial charge on any atom is -0.384 e. The molecule has 0 saturated heterocycles. The van der Waals surface area contributed by atoms with E-state index in [2.05, 4.69) is 15.4 Å². The molecule has 3 rings (SSSR count). The Kier molecular flexibility index (Phi) is 4.14. The van der Waals surface area contributed by atoms with Gasteiger partial charge in [0.15, 0.2) is 0 Å². The minimum absolute atomic E-state index is 0.405. The molecule has 0 aliphatic carbocycles. The molecule has 3 aromatic rings. The van der Waals surface area contributed by atoms with Crippen LogP contribution in [0.1, 0.15) is 18.3 Å². The van der Waals surface area contributed by atoms with E-state index in [4.69, 9.17) is 11.6 Å². The zero-order valence-corrected chi connectivity index (χ0v) is 14.2. The maximum absolute atomic E-state index is 10.6. The van der Waals surface area contributed by atoms with Gasteiger partial charge in [-0.25, -0.2) is 4.98 Å². The number of rotatable bonds is 5. The minimum atomic E-state index is -0.984. The van der Waals surface area contributed by atoms with Crippen LogP contribution in [0.5, 0.6) is 0 Å². The third-order valence-electron chi connectivity index (χ3n) is 4.01. The molecule has 6 nitrogen and oxygen atoms in total. The van der Waals surface area contributed by atoms with Gasteiger partial charge in [0, 0.05) is 37.4 Å². The lowest BCUT2D eigenvalue weighted by Crippen LogP contribution is -2.35. The Morgan fingerprint density at radius 1 is 1.35 bits per heavy atom. The lowest BCUT2D eigenvalue weighted by Gasteiger charge is -2.22. The number of aromatic nitrogens is 4. The highest BCUT2D eigenvalue weighted by atomic mass is 35.5. The third-order valence-corrected chi connectivity index (χ3v) is 4.25. The predicted molar refractivity (Wildman–Crippen MR) is 90.2 cm³/mol. The summed E-state index contributed by atoms with van der Waals surface area (Å²) in [5.74, 6) is 0.893. The number of fused-ring (bicyclic) bond motifs is 1. The molecule has 0 radical (unpaired) electrons. The maximum atomic E-state index is 10.6. The topological polar surface area (TPSA) is 67.9 Å². The second-order valence-electron chi connectivity index (χ2n) is 6.00. The maximum Gasteiger partial charge on any atom is 0.123 e. The first-order valence-electron chi connectivity index (χ1n) is 7.40. The van der Waals surface area contributed by atoms with Gasteiger partial charge in [0.25, 0.3) is 0 Å². The fraction of sp³-hybridized carbons (Fsp3) is 0.375. The van der Waals surface area contributed by atoms with Crippen LogP contribution in [0.15, 0.2) is 30.6 Å². The Bertz CT molecular complexity index is 836. The summed E-state index contributed by atoms with van der Waals surface area (Å²) in [7, 11) is 3.80. The Morgan fingerprint density at radius 2 is 2.13 bits per heavy atom. The molecule has 1 atom stereocenters. The molecule has 0 fully saturated rings. The lowest BCUT2D eigenvalue weighted by atomic mass is 10.00. The molecule has 0 saturated carbocycles. The van der Waals surface area contributed by atoms with E-state index < -0.39 is 5.60 Å². The fourth-order valence-corrected chi connectivity index (χ4v) is 2.77. The van der Waals surface area contributed by atoms with Crippen molar-refractivity contribution in [1.29, 1.82) is 0 Å². The summed E-state index contributed by atoms with van der Waals surface area (Å²) in [6, 6.07) is 5.67. The summed E-state index contributed by atoms with van der Waals surface area (Å²) in [6.07, 6.45) is 3.50. The van der Waals surface area contributed by atoms with Crippen LogP contribution >= 0.6 is 11.6 Å². The Morgan fingerprint density at radius 3 is 2.83 bits per heavy atom. The van der Waals surface area contributed by atoms with Crippen molar-refractivity contribution in [1.82, 2.24) is 24.6 Å². The number of hydrogen-bond acceptors (Lipinski definition) is 4. The molecule has 0 aliphatic heterocycles. The van der Waals surface area contributed by atoms with Gasteiger partial charge in [-0.05, 0) is 25.1 Å². The quantitative estimate of drug-likeness (QED) is 0.749. The number of nitrogens with zero attached hydrogens (tertiary/aromatic N) is 4. The van der Waals surface area contributed by atoms with Gasteiger partial charge >= 0.3 is 0 Å². The first-order chi connectivity index (χ1) is 10.9. The highest BCUT2D eigenvalue weighted by molar-refractivity contribution is 6.31. The van der Waals surface area contributed by atoms with Gasteiger partial charge < -0.3 is 15.0 Å². The van der Waals surface area contributed by atoms with Crippen molar-refractivity contribution >= 4 is 22.6 Å². The average molecular weight is 334 g/mol. The summed E-state index contributed by atoms with van der Waals surface area (Å²) in [6.45, 7) is 2.73. The molecule has 1 unspecified atom stereocenters. The van der Waals surface area contributed by atoms with Crippen molar-refractivity contribution in [2.24, 2.45) is 14.1 Å². The summed E-state index contributed by atoms with van der Waals surface area (Å²) in [5, 5.41) is 18.6. The molecule has 2 N–H and O–H groups in total. The number of imidazole rings is 1. The monoisotopic (exact) mass is 333 g/mol. The van der Waals surface area contributed by atoms with Gasteiger partial charge in [-0.15, -0.1) is 0 Å². The number of nitrogens with one attached hydrogen (secondary N) is 1.